The molecule has 0 aliphatic heterocycles. The number of nitro groups is 1. The SMILES string of the molecule is C#CC(Nc1ccc(C)cc1[N+](=O)[O-])C(C)C. The fourth-order valence-electron chi connectivity index (χ4n) is 1.48. The lowest BCUT2D eigenvalue weighted by Gasteiger charge is -2.17. The summed E-state index contributed by atoms with van der Waals surface area (Å²) < 4.78 is 0. The van der Waals surface area contributed by atoms with Gasteiger partial charge in [-0.1, -0.05) is 25.8 Å². The summed E-state index contributed by atoms with van der Waals surface area (Å²) in [6.45, 7) is 5.76. The number of nitro benzene ring substituents is 1. The molecule has 1 rings (SSSR count). The van der Waals surface area contributed by atoms with Crippen LogP contribution in [0.3, 0.4) is 0 Å². The van der Waals surface area contributed by atoms with E-state index in [0.29, 0.717) is 5.69 Å². The number of anilines is 1. The van der Waals surface area contributed by atoms with Crippen LogP contribution in [-0.2, 0) is 0 Å². The molecule has 0 saturated heterocycles. The van der Waals surface area contributed by atoms with Crippen LogP contribution in [0.15, 0.2) is 18.2 Å². The normalized spacial score (nSPS) is 11.9. The third-order valence-corrected chi connectivity index (χ3v) is 2.51. The van der Waals surface area contributed by atoms with Gasteiger partial charge in [-0.25, -0.2) is 0 Å². The maximum absolute atomic E-state index is 10.9. The van der Waals surface area contributed by atoms with E-state index in [4.69, 9.17) is 6.42 Å². The van der Waals surface area contributed by atoms with E-state index in [9.17, 15) is 10.1 Å². The molecule has 0 amide bonds. The molecule has 0 radical (unpaired) electrons. The Kier molecular flexibility index (Phi) is 4.11. The minimum atomic E-state index is -0.400. The van der Waals surface area contributed by atoms with Crippen LogP contribution in [0, 0.1) is 35.3 Å². The molecule has 4 nitrogen and oxygen atoms in total. The van der Waals surface area contributed by atoms with Gasteiger partial charge in [0.15, 0.2) is 0 Å². The monoisotopic (exact) mass is 232 g/mol. The quantitative estimate of drug-likeness (QED) is 0.493. The molecular weight excluding hydrogens is 216 g/mol. The molecule has 90 valence electrons. The van der Waals surface area contributed by atoms with Gasteiger partial charge in [-0.05, 0) is 24.5 Å². The second-order valence-electron chi connectivity index (χ2n) is 4.31. The molecule has 17 heavy (non-hydrogen) atoms. The molecular formula is C13H16N2O2. The van der Waals surface area contributed by atoms with Crippen molar-refractivity contribution in [2.24, 2.45) is 5.92 Å². The van der Waals surface area contributed by atoms with Crippen LogP contribution >= 0.6 is 0 Å². The predicted octanol–water partition coefficient (Wildman–Crippen LogP) is 2.97. The maximum Gasteiger partial charge on any atom is 0.292 e. The molecule has 1 aromatic rings. The van der Waals surface area contributed by atoms with Gasteiger partial charge in [-0.15, -0.1) is 6.42 Å². The van der Waals surface area contributed by atoms with Crippen molar-refractivity contribution in [2.45, 2.75) is 26.8 Å². The smallest absolute Gasteiger partial charge is 0.292 e. The van der Waals surface area contributed by atoms with Crippen molar-refractivity contribution < 1.29 is 4.92 Å². The maximum atomic E-state index is 10.9. The lowest BCUT2D eigenvalue weighted by Crippen LogP contribution is -2.23. The number of rotatable bonds is 4. The lowest BCUT2D eigenvalue weighted by atomic mass is 10.0. The van der Waals surface area contributed by atoms with Crippen LogP contribution in [0.4, 0.5) is 11.4 Å². The Hall–Kier alpha value is -2.02. The van der Waals surface area contributed by atoms with Crippen molar-refractivity contribution in [3.05, 3.63) is 33.9 Å². The summed E-state index contributed by atoms with van der Waals surface area (Å²) in [5.74, 6) is 2.81. The number of nitrogens with one attached hydrogen (secondary N) is 1. The van der Waals surface area contributed by atoms with Gasteiger partial charge in [0.1, 0.15) is 5.69 Å². The topological polar surface area (TPSA) is 55.2 Å². The zero-order chi connectivity index (χ0) is 13.0. The summed E-state index contributed by atoms with van der Waals surface area (Å²) in [5, 5.41) is 14.0. The zero-order valence-corrected chi connectivity index (χ0v) is 10.2. The highest BCUT2D eigenvalue weighted by Crippen LogP contribution is 2.26. The summed E-state index contributed by atoms with van der Waals surface area (Å²) in [7, 11) is 0. The van der Waals surface area contributed by atoms with Crippen LogP contribution in [0.5, 0.6) is 0 Å². The Morgan fingerprint density at radius 3 is 2.59 bits per heavy atom. The molecule has 0 spiro atoms. The third kappa shape index (κ3) is 3.22. The number of hydrogen-bond acceptors (Lipinski definition) is 3. The second kappa shape index (κ2) is 5.35. The average Bonchev–Trinajstić information content (AvgIpc) is 2.26. The van der Waals surface area contributed by atoms with Crippen LogP contribution < -0.4 is 5.32 Å². The van der Waals surface area contributed by atoms with Gasteiger partial charge in [0.2, 0.25) is 0 Å². The molecule has 0 aromatic heterocycles. The lowest BCUT2D eigenvalue weighted by molar-refractivity contribution is -0.384. The standard InChI is InChI=1S/C13H16N2O2/c1-5-11(9(2)3)14-12-7-6-10(4)8-13(12)15(16)17/h1,6-9,11,14H,2-4H3. The van der Waals surface area contributed by atoms with E-state index in [0.717, 1.165) is 5.56 Å². The Labute approximate surface area is 101 Å². The van der Waals surface area contributed by atoms with Gasteiger partial charge < -0.3 is 5.32 Å². The van der Waals surface area contributed by atoms with E-state index in [-0.39, 0.29) is 17.6 Å². The Morgan fingerprint density at radius 1 is 1.47 bits per heavy atom. The van der Waals surface area contributed by atoms with Gasteiger partial charge in [0.05, 0.1) is 11.0 Å². The van der Waals surface area contributed by atoms with Crippen molar-refractivity contribution in [3.8, 4) is 12.3 Å². The van der Waals surface area contributed by atoms with Crippen molar-refractivity contribution in [2.75, 3.05) is 5.32 Å². The van der Waals surface area contributed by atoms with E-state index in [1.807, 2.05) is 26.8 Å². The molecule has 1 N–H and O–H groups in total. The van der Waals surface area contributed by atoms with E-state index in [1.165, 1.54) is 6.07 Å². The Bertz CT molecular complexity index is 461. The number of terminal acetylenes is 1. The number of hydrogen-bond donors (Lipinski definition) is 1. The van der Waals surface area contributed by atoms with E-state index < -0.39 is 4.92 Å². The Morgan fingerprint density at radius 2 is 2.12 bits per heavy atom. The molecule has 0 heterocycles. The minimum Gasteiger partial charge on any atom is -0.366 e. The highest BCUT2D eigenvalue weighted by Gasteiger charge is 2.17. The van der Waals surface area contributed by atoms with Crippen molar-refractivity contribution in [1.29, 1.82) is 0 Å². The molecule has 0 saturated carbocycles. The van der Waals surface area contributed by atoms with Crippen LogP contribution in [-0.4, -0.2) is 11.0 Å². The van der Waals surface area contributed by atoms with Gasteiger partial charge in [0.25, 0.3) is 5.69 Å². The molecule has 1 aromatic carbocycles. The van der Waals surface area contributed by atoms with E-state index in [2.05, 4.69) is 11.2 Å². The van der Waals surface area contributed by atoms with Crippen LogP contribution in [0.25, 0.3) is 0 Å². The summed E-state index contributed by atoms with van der Waals surface area (Å²) in [5.41, 5.74) is 1.38. The first-order valence-corrected chi connectivity index (χ1v) is 5.43. The van der Waals surface area contributed by atoms with Gasteiger partial charge in [-0.3, -0.25) is 10.1 Å². The largest absolute Gasteiger partial charge is 0.366 e. The van der Waals surface area contributed by atoms with Crippen molar-refractivity contribution >= 4 is 11.4 Å². The van der Waals surface area contributed by atoms with Crippen molar-refractivity contribution in [1.82, 2.24) is 0 Å². The molecule has 0 aliphatic carbocycles. The van der Waals surface area contributed by atoms with Gasteiger partial charge >= 0.3 is 0 Å². The first-order chi connectivity index (χ1) is 7.95. The summed E-state index contributed by atoms with van der Waals surface area (Å²) in [6.07, 6.45) is 5.40. The van der Waals surface area contributed by atoms with E-state index >= 15 is 0 Å². The highest BCUT2D eigenvalue weighted by atomic mass is 16.6. The van der Waals surface area contributed by atoms with Gasteiger partial charge in [-0.2, -0.15) is 0 Å². The zero-order valence-electron chi connectivity index (χ0n) is 10.2. The molecule has 1 atom stereocenters. The Balaban J connectivity index is 3.06. The summed E-state index contributed by atoms with van der Waals surface area (Å²) in [6, 6.07) is 4.84. The first-order valence-electron chi connectivity index (χ1n) is 5.43. The third-order valence-electron chi connectivity index (χ3n) is 2.51. The highest BCUT2D eigenvalue weighted by molar-refractivity contribution is 5.63. The minimum absolute atomic E-state index is 0.0610. The number of nitrogens with zero attached hydrogens (tertiary/aromatic N) is 1. The molecule has 0 aliphatic rings. The molecule has 1 unspecified atom stereocenters. The van der Waals surface area contributed by atoms with Crippen LogP contribution in [0.2, 0.25) is 0 Å². The summed E-state index contributed by atoms with van der Waals surface area (Å²) >= 11 is 0. The van der Waals surface area contributed by atoms with Crippen LogP contribution in [0.1, 0.15) is 19.4 Å². The van der Waals surface area contributed by atoms with Crippen molar-refractivity contribution in [3.63, 3.8) is 0 Å². The fraction of sp³-hybridized carbons (Fsp3) is 0.385. The molecule has 0 bridgehead atoms. The first kappa shape index (κ1) is 13.0. The fourth-order valence-corrected chi connectivity index (χ4v) is 1.48. The van der Waals surface area contributed by atoms with E-state index in [1.54, 1.807) is 6.07 Å². The second-order valence-corrected chi connectivity index (χ2v) is 4.31. The average molecular weight is 232 g/mol. The number of aryl methyl sites for hydroxylation is 1. The predicted molar refractivity (Wildman–Crippen MR) is 68.9 cm³/mol. The molecule has 4 heteroatoms. The summed E-state index contributed by atoms with van der Waals surface area (Å²) in [4.78, 5) is 10.5. The van der Waals surface area contributed by atoms with Gasteiger partial charge in [0, 0.05) is 6.07 Å². The molecule has 0 fully saturated rings. The number of benzene rings is 1.